The maximum Gasteiger partial charge on any atom is 0.303 e. The SMILES string of the molecule is CCCCCCCCc1ccc(N=Nc2ccc(OCCCCCC(=O)O)cc2)cc1. The van der Waals surface area contributed by atoms with E-state index in [0.717, 1.165) is 36.4 Å². The molecule has 0 amide bonds. The van der Waals surface area contributed by atoms with Crippen molar-refractivity contribution >= 4 is 17.3 Å². The molecule has 0 aliphatic heterocycles. The van der Waals surface area contributed by atoms with E-state index < -0.39 is 5.97 Å². The first kappa shape index (κ1) is 24.6. The fraction of sp³-hybridized carbons (Fsp3) is 0.500. The topological polar surface area (TPSA) is 71.2 Å². The number of hydrogen-bond acceptors (Lipinski definition) is 4. The van der Waals surface area contributed by atoms with Gasteiger partial charge in [-0.1, -0.05) is 51.2 Å². The predicted molar refractivity (Wildman–Crippen MR) is 126 cm³/mol. The number of carboxylic acids is 1. The summed E-state index contributed by atoms with van der Waals surface area (Å²) in [6.07, 6.45) is 11.7. The second-order valence-electron chi connectivity index (χ2n) is 7.93. The third-order valence-electron chi connectivity index (χ3n) is 5.18. The number of nitrogens with zero attached hydrogens (tertiary/aromatic N) is 2. The Balaban J connectivity index is 1.67. The molecule has 0 radical (unpaired) electrons. The van der Waals surface area contributed by atoms with Crippen molar-refractivity contribution in [3.63, 3.8) is 0 Å². The number of hydrogen-bond donors (Lipinski definition) is 1. The smallest absolute Gasteiger partial charge is 0.303 e. The van der Waals surface area contributed by atoms with E-state index in [1.54, 1.807) is 0 Å². The van der Waals surface area contributed by atoms with E-state index in [0.29, 0.717) is 13.0 Å². The molecule has 2 aromatic rings. The van der Waals surface area contributed by atoms with Crippen LogP contribution in [0.1, 0.15) is 76.7 Å². The molecule has 0 heterocycles. The summed E-state index contributed by atoms with van der Waals surface area (Å²) in [5, 5.41) is 17.2. The zero-order valence-corrected chi connectivity index (χ0v) is 18.8. The number of benzene rings is 2. The predicted octanol–water partition coefficient (Wildman–Crippen LogP) is 8.03. The van der Waals surface area contributed by atoms with E-state index in [2.05, 4.69) is 29.3 Å². The van der Waals surface area contributed by atoms with E-state index in [1.165, 1.54) is 44.1 Å². The van der Waals surface area contributed by atoms with E-state index in [-0.39, 0.29) is 6.42 Å². The van der Waals surface area contributed by atoms with Crippen LogP contribution in [-0.2, 0) is 11.2 Å². The molecule has 0 spiro atoms. The molecule has 5 nitrogen and oxygen atoms in total. The molecule has 0 saturated carbocycles. The Hall–Kier alpha value is -2.69. The number of aliphatic carboxylic acids is 1. The molecule has 0 fully saturated rings. The van der Waals surface area contributed by atoms with Gasteiger partial charge in [-0.3, -0.25) is 4.79 Å². The highest BCUT2D eigenvalue weighted by molar-refractivity contribution is 5.66. The molecule has 0 aliphatic carbocycles. The van der Waals surface area contributed by atoms with E-state index in [9.17, 15) is 4.79 Å². The number of carboxylic acid groups (broad SMARTS) is 1. The second kappa shape index (κ2) is 15.2. The maximum absolute atomic E-state index is 10.5. The van der Waals surface area contributed by atoms with Crippen molar-refractivity contribution in [2.45, 2.75) is 77.6 Å². The lowest BCUT2D eigenvalue weighted by Crippen LogP contribution is -1.98. The summed E-state index contributed by atoms with van der Waals surface area (Å²) >= 11 is 0. The molecular formula is C26H36N2O3. The molecule has 0 aromatic heterocycles. The van der Waals surface area contributed by atoms with Gasteiger partial charge in [0, 0.05) is 6.42 Å². The van der Waals surface area contributed by atoms with Gasteiger partial charge in [-0.2, -0.15) is 10.2 Å². The van der Waals surface area contributed by atoms with E-state index >= 15 is 0 Å². The normalized spacial score (nSPS) is 11.1. The number of azo groups is 1. The largest absolute Gasteiger partial charge is 0.494 e. The second-order valence-corrected chi connectivity index (χ2v) is 7.93. The number of rotatable bonds is 16. The zero-order valence-electron chi connectivity index (χ0n) is 18.8. The molecule has 0 unspecified atom stereocenters. The van der Waals surface area contributed by atoms with Crippen molar-refractivity contribution in [1.82, 2.24) is 0 Å². The lowest BCUT2D eigenvalue weighted by molar-refractivity contribution is -0.137. The monoisotopic (exact) mass is 424 g/mol. The highest BCUT2D eigenvalue weighted by Crippen LogP contribution is 2.22. The lowest BCUT2D eigenvalue weighted by atomic mass is 10.0. The first-order valence-corrected chi connectivity index (χ1v) is 11.6. The summed E-state index contributed by atoms with van der Waals surface area (Å²) in [5.74, 6) is 0.0472. The summed E-state index contributed by atoms with van der Waals surface area (Å²) in [7, 11) is 0. The molecule has 0 saturated heterocycles. The zero-order chi connectivity index (χ0) is 22.2. The Labute approximate surface area is 186 Å². The van der Waals surface area contributed by atoms with Crippen molar-refractivity contribution < 1.29 is 14.6 Å². The molecule has 0 bridgehead atoms. The van der Waals surface area contributed by atoms with Crippen LogP contribution in [0.3, 0.4) is 0 Å². The summed E-state index contributed by atoms with van der Waals surface area (Å²) in [5.41, 5.74) is 3.00. The van der Waals surface area contributed by atoms with Gasteiger partial charge in [0.25, 0.3) is 0 Å². The van der Waals surface area contributed by atoms with Crippen LogP contribution in [0.2, 0.25) is 0 Å². The first-order valence-electron chi connectivity index (χ1n) is 11.6. The van der Waals surface area contributed by atoms with Crippen LogP contribution in [0, 0.1) is 0 Å². The van der Waals surface area contributed by atoms with E-state index in [4.69, 9.17) is 9.84 Å². The Morgan fingerprint density at radius 2 is 1.35 bits per heavy atom. The standard InChI is InChI=1S/C26H36N2O3/c1-2-3-4-5-6-8-11-22-13-15-23(16-14-22)27-28-24-17-19-25(20-18-24)31-21-10-7-9-12-26(29)30/h13-20H,2-12,21H2,1H3,(H,29,30). The molecule has 0 aliphatic rings. The van der Waals surface area contributed by atoms with Gasteiger partial charge in [0.15, 0.2) is 0 Å². The van der Waals surface area contributed by atoms with Gasteiger partial charge < -0.3 is 9.84 Å². The van der Waals surface area contributed by atoms with Crippen LogP contribution in [0.15, 0.2) is 58.8 Å². The van der Waals surface area contributed by atoms with Crippen LogP contribution in [-0.4, -0.2) is 17.7 Å². The minimum atomic E-state index is -0.741. The van der Waals surface area contributed by atoms with Gasteiger partial charge >= 0.3 is 5.97 Å². The van der Waals surface area contributed by atoms with Gasteiger partial charge in [0.2, 0.25) is 0 Å². The van der Waals surface area contributed by atoms with Crippen molar-refractivity contribution in [1.29, 1.82) is 0 Å². The summed E-state index contributed by atoms with van der Waals surface area (Å²) in [6.45, 7) is 2.84. The van der Waals surface area contributed by atoms with Crippen molar-refractivity contribution in [2.24, 2.45) is 10.2 Å². The number of unbranched alkanes of at least 4 members (excludes halogenated alkanes) is 7. The van der Waals surface area contributed by atoms with Gasteiger partial charge in [-0.15, -0.1) is 0 Å². The fourth-order valence-corrected chi connectivity index (χ4v) is 3.31. The molecule has 168 valence electrons. The van der Waals surface area contributed by atoms with Gasteiger partial charge in [0.1, 0.15) is 5.75 Å². The molecule has 2 rings (SSSR count). The minimum Gasteiger partial charge on any atom is -0.494 e. The summed E-state index contributed by atoms with van der Waals surface area (Å²) < 4.78 is 5.68. The van der Waals surface area contributed by atoms with Crippen LogP contribution >= 0.6 is 0 Å². The maximum atomic E-state index is 10.5. The third kappa shape index (κ3) is 11.3. The average Bonchev–Trinajstić information content (AvgIpc) is 2.78. The summed E-state index contributed by atoms with van der Waals surface area (Å²) in [4.78, 5) is 10.5. The van der Waals surface area contributed by atoms with Gasteiger partial charge in [-0.25, -0.2) is 0 Å². The van der Waals surface area contributed by atoms with E-state index in [1.807, 2.05) is 36.4 Å². The van der Waals surface area contributed by atoms with Gasteiger partial charge in [-0.05, 0) is 74.1 Å². The van der Waals surface area contributed by atoms with Crippen LogP contribution in [0.5, 0.6) is 5.75 Å². The van der Waals surface area contributed by atoms with Crippen molar-refractivity contribution in [3.8, 4) is 5.75 Å². The Bertz CT molecular complexity index is 770. The number of carbonyl (C=O) groups is 1. The highest BCUT2D eigenvalue weighted by Gasteiger charge is 1.99. The lowest BCUT2D eigenvalue weighted by Gasteiger charge is -2.05. The fourth-order valence-electron chi connectivity index (χ4n) is 3.31. The third-order valence-corrected chi connectivity index (χ3v) is 5.18. The molecule has 31 heavy (non-hydrogen) atoms. The van der Waals surface area contributed by atoms with Crippen LogP contribution < -0.4 is 4.74 Å². The molecule has 5 heteroatoms. The quantitative estimate of drug-likeness (QED) is 0.219. The Morgan fingerprint density at radius 3 is 2.00 bits per heavy atom. The Kier molecular flexibility index (Phi) is 12.0. The van der Waals surface area contributed by atoms with Crippen LogP contribution in [0.25, 0.3) is 0 Å². The first-order chi connectivity index (χ1) is 15.2. The Morgan fingerprint density at radius 1 is 0.774 bits per heavy atom. The molecular weight excluding hydrogens is 388 g/mol. The molecule has 2 aromatic carbocycles. The van der Waals surface area contributed by atoms with Gasteiger partial charge in [0.05, 0.1) is 18.0 Å². The molecule has 0 atom stereocenters. The van der Waals surface area contributed by atoms with Crippen molar-refractivity contribution in [3.05, 3.63) is 54.1 Å². The summed E-state index contributed by atoms with van der Waals surface area (Å²) in [6, 6.07) is 15.9. The van der Waals surface area contributed by atoms with Crippen molar-refractivity contribution in [2.75, 3.05) is 6.61 Å². The minimum absolute atomic E-state index is 0.224. The number of ether oxygens (including phenoxy) is 1. The average molecular weight is 425 g/mol. The highest BCUT2D eigenvalue weighted by atomic mass is 16.5. The molecule has 1 N–H and O–H groups in total. The number of aryl methyl sites for hydroxylation is 1. The van der Waals surface area contributed by atoms with Crippen LogP contribution in [0.4, 0.5) is 11.4 Å².